The van der Waals surface area contributed by atoms with E-state index in [-0.39, 0.29) is 41.2 Å². The van der Waals surface area contributed by atoms with E-state index in [0.29, 0.717) is 81.2 Å². The summed E-state index contributed by atoms with van der Waals surface area (Å²) >= 11 is 0. The van der Waals surface area contributed by atoms with Crippen LogP contribution in [0, 0.1) is 11.7 Å². The van der Waals surface area contributed by atoms with Gasteiger partial charge in [0.2, 0.25) is 5.91 Å². The van der Waals surface area contributed by atoms with Crippen LogP contribution in [0.25, 0.3) is 11.0 Å². The Morgan fingerprint density at radius 3 is 2.16 bits per heavy atom. The molecule has 0 unspecified atom stereocenters. The third kappa shape index (κ3) is 6.49. The van der Waals surface area contributed by atoms with Gasteiger partial charge in [0.1, 0.15) is 11.6 Å². The smallest absolute Gasteiger partial charge is 0.329 e. The SMILES string of the molecule is O=C(C1CCN(Cc2ccc(N3C(=O)c4ccccc4C3=O)nc2)CC1)N1CCC(n2c(=O)n(CCN3CCOCC3)c3cc(F)ccc32)CC1. The number of hydrogen-bond acceptors (Lipinski definition) is 8. The number of pyridine rings is 1. The third-order valence-corrected chi connectivity index (χ3v) is 11.0. The van der Waals surface area contributed by atoms with Crippen LogP contribution in [0.5, 0.6) is 0 Å². The van der Waals surface area contributed by atoms with Gasteiger partial charge in [-0.25, -0.2) is 19.1 Å². The summed E-state index contributed by atoms with van der Waals surface area (Å²) in [7, 11) is 0. The van der Waals surface area contributed by atoms with Crippen LogP contribution in [-0.2, 0) is 22.6 Å². The Labute approximate surface area is 295 Å². The van der Waals surface area contributed by atoms with Crippen LogP contribution >= 0.6 is 0 Å². The first kappa shape index (κ1) is 33.4. The number of rotatable bonds is 8. The molecule has 0 radical (unpaired) electrons. The Kier molecular flexibility index (Phi) is 9.26. The number of morpholine rings is 1. The first-order valence-electron chi connectivity index (χ1n) is 18.0. The minimum absolute atomic E-state index is 0.0417. The van der Waals surface area contributed by atoms with E-state index < -0.39 is 0 Å². The number of likely N-dealkylation sites (tertiary alicyclic amines) is 2. The van der Waals surface area contributed by atoms with Crippen molar-refractivity contribution in [2.75, 3.05) is 63.9 Å². The van der Waals surface area contributed by atoms with Crippen molar-refractivity contribution in [3.63, 3.8) is 0 Å². The average molecular weight is 696 g/mol. The highest BCUT2D eigenvalue weighted by Gasteiger charge is 2.37. The number of piperidine rings is 2. The third-order valence-electron chi connectivity index (χ3n) is 11.0. The molecule has 0 N–H and O–H groups in total. The Morgan fingerprint density at radius 1 is 0.784 bits per heavy atom. The number of amides is 3. The predicted octanol–water partition coefficient (Wildman–Crippen LogP) is 3.55. The molecule has 3 saturated heterocycles. The number of fused-ring (bicyclic) bond motifs is 2. The lowest BCUT2D eigenvalue weighted by Crippen LogP contribution is -2.46. The van der Waals surface area contributed by atoms with Gasteiger partial charge in [0.05, 0.1) is 35.4 Å². The average Bonchev–Trinajstić information content (AvgIpc) is 3.59. The molecular weight excluding hydrogens is 653 g/mol. The second-order valence-electron chi connectivity index (χ2n) is 14.0. The summed E-state index contributed by atoms with van der Waals surface area (Å²) in [6.07, 6.45) is 4.59. The number of imide groups is 1. The molecule has 0 spiro atoms. The maximum atomic E-state index is 14.4. The monoisotopic (exact) mass is 695 g/mol. The Hall–Kier alpha value is -4.72. The van der Waals surface area contributed by atoms with E-state index in [2.05, 4.69) is 14.8 Å². The van der Waals surface area contributed by atoms with Crippen molar-refractivity contribution in [1.82, 2.24) is 28.8 Å². The van der Waals surface area contributed by atoms with Crippen LogP contribution in [0.4, 0.5) is 10.2 Å². The van der Waals surface area contributed by atoms with Crippen molar-refractivity contribution in [1.29, 1.82) is 0 Å². The predicted molar refractivity (Wildman–Crippen MR) is 188 cm³/mol. The zero-order valence-electron chi connectivity index (χ0n) is 28.6. The van der Waals surface area contributed by atoms with E-state index in [4.69, 9.17) is 4.74 Å². The van der Waals surface area contributed by atoms with Gasteiger partial charge in [0.25, 0.3) is 11.8 Å². The molecule has 0 saturated carbocycles. The van der Waals surface area contributed by atoms with E-state index in [9.17, 15) is 23.6 Å². The fourth-order valence-corrected chi connectivity index (χ4v) is 8.13. The van der Waals surface area contributed by atoms with E-state index in [1.165, 1.54) is 12.1 Å². The topological polar surface area (TPSA) is 113 Å². The Bertz CT molecular complexity index is 1970. The molecule has 3 fully saturated rings. The van der Waals surface area contributed by atoms with Crippen molar-refractivity contribution in [2.24, 2.45) is 5.92 Å². The quantitative estimate of drug-likeness (QED) is 0.258. The zero-order valence-corrected chi connectivity index (χ0v) is 28.6. The number of hydrogen-bond donors (Lipinski definition) is 0. The van der Waals surface area contributed by atoms with Crippen LogP contribution in [0.1, 0.15) is 58.0 Å². The lowest BCUT2D eigenvalue weighted by molar-refractivity contribution is -0.138. The summed E-state index contributed by atoms with van der Waals surface area (Å²) in [6.45, 7) is 7.59. The van der Waals surface area contributed by atoms with Crippen LogP contribution in [0.3, 0.4) is 0 Å². The Morgan fingerprint density at radius 2 is 1.49 bits per heavy atom. The van der Waals surface area contributed by atoms with Crippen molar-refractivity contribution in [3.05, 3.63) is 93.8 Å². The summed E-state index contributed by atoms with van der Waals surface area (Å²) in [5.74, 6) is -0.630. The van der Waals surface area contributed by atoms with Crippen molar-refractivity contribution < 1.29 is 23.5 Å². The Balaban J connectivity index is 0.845. The molecule has 0 bridgehead atoms. The summed E-state index contributed by atoms with van der Waals surface area (Å²) in [5, 5.41) is 0. The van der Waals surface area contributed by atoms with Gasteiger partial charge in [0, 0.05) is 64.0 Å². The highest BCUT2D eigenvalue weighted by Crippen LogP contribution is 2.30. The molecule has 2 aromatic heterocycles. The minimum Gasteiger partial charge on any atom is -0.379 e. The second-order valence-corrected chi connectivity index (χ2v) is 14.0. The molecule has 3 amide bonds. The highest BCUT2D eigenvalue weighted by atomic mass is 19.1. The number of benzene rings is 2. The summed E-state index contributed by atoms with van der Waals surface area (Å²) < 4.78 is 23.3. The summed E-state index contributed by atoms with van der Waals surface area (Å²) in [5.41, 5.74) is 3.00. The largest absolute Gasteiger partial charge is 0.379 e. The number of nitrogens with zero attached hydrogens (tertiary/aromatic N) is 7. The molecule has 13 heteroatoms. The van der Waals surface area contributed by atoms with Gasteiger partial charge in [-0.1, -0.05) is 18.2 Å². The van der Waals surface area contributed by atoms with Gasteiger partial charge in [-0.15, -0.1) is 0 Å². The molecule has 51 heavy (non-hydrogen) atoms. The molecule has 8 rings (SSSR count). The minimum atomic E-state index is -0.361. The number of imidazole rings is 1. The second kappa shape index (κ2) is 14.1. The van der Waals surface area contributed by atoms with Gasteiger partial charge in [0.15, 0.2) is 0 Å². The van der Waals surface area contributed by atoms with Crippen LogP contribution in [-0.4, -0.2) is 106 Å². The van der Waals surface area contributed by atoms with E-state index in [0.717, 1.165) is 55.0 Å². The van der Waals surface area contributed by atoms with Gasteiger partial charge < -0.3 is 9.64 Å². The molecule has 4 aromatic rings. The van der Waals surface area contributed by atoms with Crippen LogP contribution in [0.2, 0.25) is 0 Å². The van der Waals surface area contributed by atoms with Gasteiger partial charge in [-0.2, -0.15) is 0 Å². The normalized spacial score (nSPS) is 19.7. The van der Waals surface area contributed by atoms with Gasteiger partial charge in [-0.05, 0) is 80.7 Å². The fraction of sp³-hybridized carbons (Fsp3) is 0.447. The van der Waals surface area contributed by atoms with Crippen LogP contribution in [0.15, 0.2) is 65.6 Å². The standard InChI is InChI=1S/C38H42FN7O5/c39-28-6-7-32-33(23-28)44(18-17-41-19-21-51-22-20-41)38(50)45(32)29-11-15-43(16-12-29)35(47)27-9-13-42(14-10-27)25-26-5-8-34(40-24-26)46-36(48)30-3-1-2-4-31(30)37(46)49/h1-8,23-24,27,29H,9-22,25H2. The number of carbonyl (C=O) groups is 3. The number of halogens is 1. The van der Waals surface area contributed by atoms with E-state index in [1.807, 2.05) is 15.5 Å². The zero-order chi connectivity index (χ0) is 35.1. The molecule has 12 nitrogen and oxygen atoms in total. The number of ether oxygens (including phenoxy) is 1. The molecule has 0 atom stereocenters. The summed E-state index contributed by atoms with van der Waals surface area (Å²) in [6, 6.07) is 14.9. The molecule has 6 heterocycles. The van der Waals surface area contributed by atoms with Gasteiger partial charge >= 0.3 is 5.69 Å². The first-order valence-corrected chi connectivity index (χ1v) is 18.0. The molecule has 4 aliphatic rings. The first-order chi connectivity index (χ1) is 24.9. The maximum Gasteiger partial charge on any atom is 0.329 e. The van der Waals surface area contributed by atoms with E-state index >= 15 is 0 Å². The lowest BCUT2D eigenvalue weighted by Gasteiger charge is -2.37. The number of aromatic nitrogens is 3. The molecular formula is C38H42FN7O5. The molecule has 0 aliphatic carbocycles. The molecule has 4 aliphatic heterocycles. The van der Waals surface area contributed by atoms with Crippen molar-refractivity contribution in [3.8, 4) is 0 Å². The number of anilines is 1. The van der Waals surface area contributed by atoms with E-state index in [1.54, 1.807) is 47.2 Å². The van der Waals surface area contributed by atoms with Crippen molar-refractivity contribution >= 4 is 34.6 Å². The van der Waals surface area contributed by atoms with Gasteiger partial charge in [-0.3, -0.25) is 33.3 Å². The highest BCUT2D eigenvalue weighted by molar-refractivity contribution is 6.34. The number of carbonyl (C=O) groups excluding carboxylic acids is 3. The molecule has 2 aromatic carbocycles. The summed E-state index contributed by atoms with van der Waals surface area (Å²) in [4.78, 5) is 65.2. The lowest BCUT2D eigenvalue weighted by atomic mass is 9.93. The fourth-order valence-electron chi connectivity index (χ4n) is 8.13. The van der Waals surface area contributed by atoms with Crippen molar-refractivity contribution in [2.45, 2.75) is 44.8 Å². The maximum absolute atomic E-state index is 14.4. The van der Waals surface area contributed by atoms with Crippen LogP contribution < -0.4 is 10.6 Å². The molecule has 266 valence electrons.